The van der Waals surface area contributed by atoms with Gasteiger partial charge in [0.25, 0.3) is 10.0 Å². The molecule has 0 radical (unpaired) electrons. The zero-order valence-electron chi connectivity index (χ0n) is 11.7. The van der Waals surface area contributed by atoms with Crippen molar-refractivity contribution in [3.8, 4) is 5.75 Å². The Balaban J connectivity index is 3.12. The van der Waals surface area contributed by atoms with Crippen LogP contribution in [-0.2, 0) is 24.6 Å². The maximum atomic E-state index is 12.4. The molecule has 120 valence electrons. The summed E-state index contributed by atoms with van der Waals surface area (Å²) >= 11 is 0. The molecule has 0 saturated carbocycles. The van der Waals surface area contributed by atoms with Crippen LogP contribution in [0, 0.1) is 0 Å². The van der Waals surface area contributed by atoms with Gasteiger partial charge in [0.05, 0.1) is 12.0 Å². The van der Waals surface area contributed by atoms with Gasteiger partial charge in [-0.2, -0.15) is 8.42 Å². The Hall–Kier alpha value is -1.20. The first-order valence-corrected chi connectivity index (χ1v) is 9.01. The predicted octanol–water partition coefficient (Wildman–Crippen LogP) is 0.621. The highest BCUT2D eigenvalue weighted by Crippen LogP contribution is 2.20. The van der Waals surface area contributed by atoms with Gasteiger partial charge in [0, 0.05) is 6.54 Å². The molecule has 0 unspecified atom stereocenters. The second-order valence-electron chi connectivity index (χ2n) is 4.13. The molecule has 0 aromatic heterocycles. The van der Waals surface area contributed by atoms with Crippen molar-refractivity contribution in [2.24, 2.45) is 5.14 Å². The fourth-order valence-electron chi connectivity index (χ4n) is 1.47. The van der Waals surface area contributed by atoms with Crippen LogP contribution in [0.4, 0.5) is 0 Å². The Morgan fingerprint density at radius 1 is 1.14 bits per heavy atom. The van der Waals surface area contributed by atoms with Crippen LogP contribution in [0.5, 0.6) is 5.75 Å². The van der Waals surface area contributed by atoms with Gasteiger partial charge in [-0.3, -0.25) is 0 Å². The van der Waals surface area contributed by atoms with E-state index in [1.807, 2.05) is 6.92 Å². The van der Waals surface area contributed by atoms with Crippen LogP contribution in [0.3, 0.4) is 0 Å². The number of sulfonamides is 1. The van der Waals surface area contributed by atoms with Crippen LogP contribution >= 0.6 is 0 Å². The number of methoxy groups -OCH3 is 1. The third-order valence-electron chi connectivity index (χ3n) is 2.51. The number of unbranched alkanes of at least 4 members (excludes halogenated alkanes) is 1. The second kappa shape index (κ2) is 7.18. The van der Waals surface area contributed by atoms with E-state index in [1.54, 1.807) is 0 Å². The Labute approximate surface area is 124 Å². The molecule has 0 aliphatic heterocycles. The van der Waals surface area contributed by atoms with Gasteiger partial charge in [-0.15, -0.1) is 4.28 Å². The Bertz CT molecular complexity index is 654. The Kier molecular flexibility index (Phi) is 6.10. The van der Waals surface area contributed by atoms with Crippen molar-refractivity contribution in [2.45, 2.75) is 24.7 Å². The monoisotopic (exact) mass is 338 g/mol. The predicted molar refractivity (Wildman–Crippen MR) is 76.0 cm³/mol. The number of nitrogens with zero attached hydrogens (tertiary/aromatic N) is 1. The first kappa shape index (κ1) is 17.9. The van der Waals surface area contributed by atoms with Crippen LogP contribution in [0.1, 0.15) is 19.8 Å². The first-order valence-electron chi connectivity index (χ1n) is 6.10. The van der Waals surface area contributed by atoms with Crippen LogP contribution < -0.4 is 9.88 Å². The average Bonchev–Trinajstić information content (AvgIpc) is 2.42. The van der Waals surface area contributed by atoms with Crippen LogP contribution in [0.2, 0.25) is 0 Å². The standard InChI is InChI=1S/C11H18N2O6S2/c1-3-4-9-13(19-21(12,16)17)20(14,15)11-7-5-10(18-2)6-8-11/h5-8H,3-4,9H2,1-2H3,(H2,12,16,17). The topological polar surface area (TPSA) is 116 Å². The van der Waals surface area contributed by atoms with E-state index in [0.717, 1.165) is 0 Å². The average molecular weight is 338 g/mol. The van der Waals surface area contributed by atoms with Crippen molar-refractivity contribution in [2.75, 3.05) is 13.7 Å². The van der Waals surface area contributed by atoms with E-state index in [0.29, 0.717) is 23.1 Å². The molecule has 1 aromatic carbocycles. The lowest BCUT2D eigenvalue weighted by Crippen LogP contribution is -2.36. The molecule has 0 saturated heterocycles. The van der Waals surface area contributed by atoms with Crippen molar-refractivity contribution < 1.29 is 25.9 Å². The number of rotatable bonds is 8. The van der Waals surface area contributed by atoms with E-state index >= 15 is 0 Å². The molecule has 0 fully saturated rings. The maximum Gasteiger partial charge on any atom is 0.350 e. The summed E-state index contributed by atoms with van der Waals surface area (Å²) in [4.78, 5) is -0.122. The molecule has 0 heterocycles. The van der Waals surface area contributed by atoms with E-state index in [4.69, 9.17) is 9.88 Å². The van der Waals surface area contributed by atoms with Crippen LogP contribution in [0.25, 0.3) is 0 Å². The zero-order chi connectivity index (χ0) is 16.1. The Morgan fingerprint density at radius 3 is 2.14 bits per heavy atom. The highest BCUT2D eigenvalue weighted by atomic mass is 32.2. The quantitative estimate of drug-likeness (QED) is 0.695. The molecule has 0 aliphatic carbocycles. The minimum Gasteiger partial charge on any atom is -0.497 e. The SMILES string of the molecule is CCCCN(OS(N)(=O)=O)S(=O)(=O)c1ccc(OC)cc1. The normalized spacial score (nSPS) is 12.6. The lowest BCUT2D eigenvalue weighted by Gasteiger charge is -2.19. The maximum absolute atomic E-state index is 12.4. The molecule has 1 aromatic rings. The van der Waals surface area contributed by atoms with Gasteiger partial charge in [-0.05, 0) is 30.7 Å². The van der Waals surface area contributed by atoms with Crippen molar-refractivity contribution in [3.63, 3.8) is 0 Å². The number of hydroxylamine groups is 1. The minimum absolute atomic E-state index is 0.122. The van der Waals surface area contributed by atoms with E-state index in [9.17, 15) is 16.8 Å². The van der Waals surface area contributed by atoms with E-state index in [1.165, 1.54) is 31.4 Å². The molecule has 1 rings (SSSR count). The molecule has 0 aliphatic rings. The number of hydrogen-bond donors (Lipinski definition) is 1. The molecular weight excluding hydrogens is 320 g/mol. The highest BCUT2D eigenvalue weighted by molar-refractivity contribution is 7.90. The zero-order valence-corrected chi connectivity index (χ0v) is 13.4. The molecule has 0 bridgehead atoms. The first-order chi connectivity index (χ1) is 9.70. The number of benzene rings is 1. The molecule has 0 spiro atoms. The largest absolute Gasteiger partial charge is 0.497 e. The number of ether oxygens (including phenoxy) is 1. The van der Waals surface area contributed by atoms with Crippen LogP contribution in [0.15, 0.2) is 29.2 Å². The summed E-state index contributed by atoms with van der Waals surface area (Å²) in [5.74, 6) is 0.474. The Morgan fingerprint density at radius 2 is 1.71 bits per heavy atom. The number of hydrogen-bond acceptors (Lipinski definition) is 6. The van der Waals surface area contributed by atoms with E-state index < -0.39 is 20.3 Å². The van der Waals surface area contributed by atoms with E-state index in [2.05, 4.69) is 4.28 Å². The second-order valence-corrected chi connectivity index (χ2v) is 7.09. The van der Waals surface area contributed by atoms with Crippen molar-refractivity contribution in [1.82, 2.24) is 4.47 Å². The fourth-order valence-corrected chi connectivity index (χ4v) is 3.43. The molecule has 8 nitrogen and oxygen atoms in total. The number of nitrogens with two attached hydrogens (primary N) is 1. The summed E-state index contributed by atoms with van der Waals surface area (Å²) in [6.45, 7) is 1.70. The summed E-state index contributed by atoms with van der Waals surface area (Å²) in [5, 5.41) is 4.75. The smallest absolute Gasteiger partial charge is 0.350 e. The van der Waals surface area contributed by atoms with Gasteiger partial charge in [0.15, 0.2) is 0 Å². The van der Waals surface area contributed by atoms with E-state index in [-0.39, 0.29) is 11.4 Å². The van der Waals surface area contributed by atoms with Crippen molar-refractivity contribution >= 4 is 20.3 Å². The lowest BCUT2D eigenvalue weighted by molar-refractivity contribution is 0.0432. The third kappa shape index (κ3) is 5.25. The third-order valence-corrected chi connectivity index (χ3v) is 4.65. The molecule has 10 heteroatoms. The van der Waals surface area contributed by atoms with Gasteiger partial charge < -0.3 is 4.74 Å². The van der Waals surface area contributed by atoms with Gasteiger partial charge >= 0.3 is 10.3 Å². The van der Waals surface area contributed by atoms with Gasteiger partial charge in [0.2, 0.25) is 0 Å². The molecule has 0 amide bonds. The molecule has 2 N–H and O–H groups in total. The van der Waals surface area contributed by atoms with Gasteiger partial charge in [-0.25, -0.2) is 13.6 Å². The van der Waals surface area contributed by atoms with Crippen LogP contribution in [-0.4, -0.2) is 35.0 Å². The minimum atomic E-state index is -4.44. The lowest BCUT2D eigenvalue weighted by atomic mass is 10.3. The summed E-state index contributed by atoms with van der Waals surface area (Å²) in [6.07, 6.45) is 1.08. The summed E-state index contributed by atoms with van der Waals surface area (Å²) < 4.78 is 56.4. The molecular formula is C11H18N2O6S2. The summed E-state index contributed by atoms with van der Waals surface area (Å²) in [5.41, 5.74) is 0. The molecule has 21 heavy (non-hydrogen) atoms. The van der Waals surface area contributed by atoms with Gasteiger partial charge in [0.1, 0.15) is 5.75 Å². The van der Waals surface area contributed by atoms with Crippen molar-refractivity contribution in [3.05, 3.63) is 24.3 Å². The summed E-state index contributed by atoms with van der Waals surface area (Å²) in [6, 6.07) is 5.48. The van der Waals surface area contributed by atoms with Gasteiger partial charge in [-0.1, -0.05) is 17.8 Å². The fraction of sp³-hybridized carbons (Fsp3) is 0.455. The highest BCUT2D eigenvalue weighted by Gasteiger charge is 2.28. The van der Waals surface area contributed by atoms with Crippen molar-refractivity contribution in [1.29, 1.82) is 0 Å². The molecule has 0 atom stereocenters. The summed E-state index contributed by atoms with van der Waals surface area (Å²) in [7, 11) is -7.13.